The summed E-state index contributed by atoms with van der Waals surface area (Å²) in [6.07, 6.45) is 2.34. The average molecular weight is 336 g/mol. The number of ether oxygens (including phenoxy) is 1. The predicted molar refractivity (Wildman–Crippen MR) is 99.5 cm³/mol. The van der Waals surface area contributed by atoms with Crippen LogP contribution in [0.15, 0.2) is 48.5 Å². The fraction of sp³-hybridized carbons (Fsp3) is 0.381. The molecular formula is C21H24N2O2. The average Bonchev–Trinajstić information content (AvgIpc) is 3.11. The molecule has 25 heavy (non-hydrogen) atoms. The Bertz CT molecular complexity index is 767. The lowest BCUT2D eigenvalue weighted by Crippen LogP contribution is -2.50. The Morgan fingerprint density at radius 2 is 1.84 bits per heavy atom. The number of hydrogen-bond donors (Lipinski definition) is 1. The number of fused-ring (bicyclic) bond motifs is 1. The van der Waals surface area contributed by atoms with Crippen molar-refractivity contribution < 1.29 is 9.53 Å². The maximum absolute atomic E-state index is 13.3. The standard InChI is InChI=1S/C21H24N2O2/c22-15-21(9-12-25-13-10-21)20(24)23-11-8-18-14-17(6-7-19(18)23)16-4-2-1-3-5-16/h1-7,14H,8-13,15,22H2. The molecule has 0 saturated carbocycles. The normalized spacial score (nSPS) is 18.8. The van der Waals surface area contributed by atoms with E-state index in [0.717, 1.165) is 31.5 Å². The van der Waals surface area contributed by atoms with E-state index >= 15 is 0 Å². The van der Waals surface area contributed by atoms with Crippen LogP contribution in [0, 0.1) is 5.41 Å². The number of benzene rings is 2. The van der Waals surface area contributed by atoms with E-state index in [9.17, 15) is 4.79 Å². The van der Waals surface area contributed by atoms with E-state index in [4.69, 9.17) is 10.5 Å². The number of amides is 1. The number of carbonyl (C=O) groups excluding carboxylic acids is 1. The first-order valence-electron chi connectivity index (χ1n) is 9.02. The van der Waals surface area contributed by atoms with Gasteiger partial charge in [-0.05, 0) is 48.1 Å². The van der Waals surface area contributed by atoms with Crippen LogP contribution >= 0.6 is 0 Å². The van der Waals surface area contributed by atoms with Crippen molar-refractivity contribution in [3.05, 3.63) is 54.1 Å². The fourth-order valence-electron chi connectivity index (χ4n) is 3.98. The molecule has 130 valence electrons. The molecule has 4 heteroatoms. The molecule has 0 radical (unpaired) electrons. The summed E-state index contributed by atoms with van der Waals surface area (Å²) in [6, 6.07) is 16.8. The Balaban J connectivity index is 1.63. The highest BCUT2D eigenvalue weighted by molar-refractivity contribution is 6.00. The first-order valence-corrected chi connectivity index (χ1v) is 9.02. The zero-order valence-corrected chi connectivity index (χ0v) is 14.4. The number of nitrogens with two attached hydrogens (primary N) is 1. The summed E-state index contributed by atoms with van der Waals surface area (Å²) in [5.41, 5.74) is 10.3. The number of anilines is 1. The topological polar surface area (TPSA) is 55.6 Å². The van der Waals surface area contributed by atoms with Crippen LogP contribution in [0.3, 0.4) is 0 Å². The molecule has 2 N–H and O–H groups in total. The molecule has 0 aliphatic carbocycles. The molecule has 0 atom stereocenters. The van der Waals surface area contributed by atoms with Gasteiger partial charge in [0, 0.05) is 32.0 Å². The van der Waals surface area contributed by atoms with Crippen molar-refractivity contribution in [3.63, 3.8) is 0 Å². The van der Waals surface area contributed by atoms with Gasteiger partial charge in [0.2, 0.25) is 5.91 Å². The van der Waals surface area contributed by atoms with E-state index in [2.05, 4.69) is 42.5 Å². The molecule has 1 saturated heterocycles. The van der Waals surface area contributed by atoms with Gasteiger partial charge in [-0.2, -0.15) is 0 Å². The second-order valence-corrected chi connectivity index (χ2v) is 7.01. The monoisotopic (exact) mass is 336 g/mol. The van der Waals surface area contributed by atoms with Gasteiger partial charge in [-0.15, -0.1) is 0 Å². The predicted octanol–water partition coefficient (Wildman–Crippen LogP) is 3.00. The second-order valence-electron chi connectivity index (χ2n) is 7.01. The minimum Gasteiger partial charge on any atom is -0.381 e. The molecule has 2 aromatic carbocycles. The summed E-state index contributed by atoms with van der Waals surface area (Å²) in [6.45, 7) is 2.38. The van der Waals surface area contributed by atoms with Gasteiger partial charge < -0.3 is 15.4 Å². The number of hydrogen-bond acceptors (Lipinski definition) is 3. The highest BCUT2D eigenvalue weighted by Crippen LogP contribution is 2.38. The van der Waals surface area contributed by atoms with Gasteiger partial charge in [0.05, 0.1) is 5.41 Å². The smallest absolute Gasteiger partial charge is 0.234 e. The maximum Gasteiger partial charge on any atom is 0.234 e. The van der Waals surface area contributed by atoms with Crippen molar-refractivity contribution in [1.82, 2.24) is 0 Å². The van der Waals surface area contributed by atoms with E-state index in [-0.39, 0.29) is 5.91 Å². The van der Waals surface area contributed by atoms with Crippen molar-refractivity contribution in [2.24, 2.45) is 11.1 Å². The van der Waals surface area contributed by atoms with Crippen LogP contribution in [-0.2, 0) is 16.0 Å². The zero-order valence-electron chi connectivity index (χ0n) is 14.4. The maximum atomic E-state index is 13.3. The quantitative estimate of drug-likeness (QED) is 0.937. The number of rotatable bonds is 3. The van der Waals surface area contributed by atoms with Crippen LogP contribution in [0.5, 0.6) is 0 Å². The van der Waals surface area contributed by atoms with Crippen LogP contribution < -0.4 is 10.6 Å². The van der Waals surface area contributed by atoms with E-state index in [1.807, 2.05) is 11.0 Å². The van der Waals surface area contributed by atoms with Gasteiger partial charge in [-0.3, -0.25) is 4.79 Å². The minimum absolute atomic E-state index is 0.171. The van der Waals surface area contributed by atoms with Gasteiger partial charge in [0.15, 0.2) is 0 Å². The summed E-state index contributed by atoms with van der Waals surface area (Å²) in [5, 5.41) is 0. The Kier molecular flexibility index (Phi) is 4.32. The van der Waals surface area contributed by atoms with Crippen LogP contribution in [0.4, 0.5) is 5.69 Å². The van der Waals surface area contributed by atoms with Gasteiger partial charge in [-0.1, -0.05) is 36.4 Å². The fourth-order valence-corrected chi connectivity index (χ4v) is 3.98. The van der Waals surface area contributed by atoms with E-state index in [0.29, 0.717) is 19.8 Å². The Morgan fingerprint density at radius 3 is 2.56 bits per heavy atom. The summed E-state index contributed by atoms with van der Waals surface area (Å²) in [4.78, 5) is 15.2. The van der Waals surface area contributed by atoms with Crippen molar-refractivity contribution in [1.29, 1.82) is 0 Å². The van der Waals surface area contributed by atoms with Gasteiger partial charge in [0.1, 0.15) is 0 Å². The minimum atomic E-state index is -0.460. The third-order valence-electron chi connectivity index (χ3n) is 5.62. The molecule has 2 aliphatic rings. The third kappa shape index (κ3) is 2.86. The molecule has 2 heterocycles. The number of carbonyl (C=O) groups is 1. The van der Waals surface area contributed by atoms with Gasteiger partial charge in [0.25, 0.3) is 0 Å². The third-order valence-corrected chi connectivity index (χ3v) is 5.62. The Labute approximate surface area is 148 Å². The molecular weight excluding hydrogens is 312 g/mol. The molecule has 0 unspecified atom stereocenters. The molecule has 2 aliphatic heterocycles. The van der Waals surface area contributed by atoms with E-state index < -0.39 is 5.41 Å². The van der Waals surface area contributed by atoms with Crippen LogP contribution in [-0.4, -0.2) is 32.2 Å². The summed E-state index contributed by atoms with van der Waals surface area (Å²) >= 11 is 0. The first kappa shape index (κ1) is 16.3. The van der Waals surface area contributed by atoms with Gasteiger partial charge >= 0.3 is 0 Å². The first-order chi connectivity index (χ1) is 12.2. The molecule has 1 fully saturated rings. The van der Waals surface area contributed by atoms with E-state index in [1.165, 1.54) is 16.7 Å². The summed E-state index contributed by atoms with van der Waals surface area (Å²) in [7, 11) is 0. The highest BCUT2D eigenvalue weighted by Gasteiger charge is 2.43. The SMILES string of the molecule is NCC1(C(=O)N2CCc3cc(-c4ccccc4)ccc32)CCOCC1. The van der Waals surface area contributed by atoms with Gasteiger partial charge in [-0.25, -0.2) is 0 Å². The largest absolute Gasteiger partial charge is 0.381 e. The Morgan fingerprint density at radius 1 is 1.08 bits per heavy atom. The van der Waals surface area contributed by atoms with E-state index in [1.54, 1.807) is 0 Å². The molecule has 4 nitrogen and oxygen atoms in total. The number of nitrogens with zero attached hydrogens (tertiary/aromatic N) is 1. The molecule has 0 aromatic heterocycles. The van der Waals surface area contributed by atoms with Crippen molar-refractivity contribution in [3.8, 4) is 11.1 Å². The molecule has 1 amide bonds. The lowest BCUT2D eigenvalue weighted by Gasteiger charge is -2.37. The lowest BCUT2D eigenvalue weighted by atomic mass is 9.79. The lowest BCUT2D eigenvalue weighted by molar-refractivity contribution is -0.132. The summed E-state index contributed by atoms with van der Waals surface area (Å²) in [5.74, 6) is 0.171. The van der Waals surface area contributed by atoms with Crippen molar-refractivity contribution >= 4 is 11.6 Å². The molecule has 0 bridgehead atoms. The molecule has 2 aromatic rings. The van der Waals surface area contributed by atoms with Crippen LogP contribution in [0.2, 0.25) is 0 Å². The van der Waals surface area contributed by atoms with Crippen LogP contribution in [0.25, 0.3) is 11.1 Å². The van der Waals surface area contributed by atoms with Crippen molar-refractivity contribution in [2.45, 2.75) is 19.3 Å². The Hall–Kier alpha value is -2.17. The molecule has 0 spiro atoms. The summed E-state index contributed by atoms with van der Waals surface area (Å²) < 4.78 is 5.45. The van der Waals surface area contributed by atoms with Crippen LogP contribution in [0.1, 0.15) is 18.4 Å². The molecule has 4 rings (SSSR count). The zero-order chi connectivity index (χ0) is 17.3. The highest BCUT2D eigenvalue weighted by atomic mass is 16.5. The van der Waals surface area contributed by atoms with Crippen molar-refractivity contribution in [2.75, 3.05) is 31.2 Å². The second kappa shape index (κ2) is 6.62.